The van der Waals surface area contributed by atoms with Gasteiger partial charge in [0.15, 0.2) is 0 Å². The van der Waals surface area contributed by atoms with Crippen LogP contribution in [-0.4, -0.2) is 23.9 Å². The Morgan fingerprint density at radius 2 is 2.28 bits per heavy atom. The van der Waals surface area contributed by atoms with Crippen molar-refractivity contribution in [3.8, 4) is 0 Å². The predicted octanol–water partition coefficient (Wildman–Crippen LogP) is 1.45. The minimum atomic E-state index is -0.754. The molecule has 0 radical (unpaired) electrons. The van der Waals surface area contributed by atoms with Gasteiger partial charge in [0, 0.05) is 6.54 Å². The topological polar surface area (TPSA) is 84.3 Å². The molecule has 0 fully saturated rings. The van der Waals surface area contributed by atoms with Crippen LogP contribution in [0.25, 0.3) is 0 Å². The standard InChI is InChI=1S/C11H12FN3O3/c1-2-5-13-7-11(16)14-9-4-3-8(12)6-10(9)15(17)18/h2-4,6,13H,1,5,7H2,(H,14,16). The van der Waals surface area contributed by atoms with E-state index in [-0.39, 0.29) is 12.2 Å². The molecule has 0 bridgehead atoms. The number of hydrogen-bond donors (Lipinski definition) is 2. The lowest BCUT2D eigenvalue weighted by molar-refractivity contribution is -0.384. The fourth-order valence-corrected chi connectivity index (χ4v) is 1.24. The maximum atomic E-state index is 12.9. The molecule has 0 atom stereocenters. The van der Waals surface area contributed by atoms with Gasteiger partial charge in [-0.3, -0.25) is 14.9 Å². The fourth-order valence-electron chi connectivity index (χ4n) is 1.24. The maximum Gasteiger partial charge on any atom is 0.295 e. The lowest BCUT2D eigenvalue weighted by Gasteiger charge is -2.06. The highest BCUT2D eigenvalue weighted by atomic mass is 19.1. The minimum Gasteiger partial charge on any atom is -0.319 e. The van der Waals surface area contributed by atoms with E-state index in [1.54, 1.807) is 6.08 Å². The zero-order chi connectivity index (χ0) is 13.5. The van der Waals surface area contributed by atoms with Crippen LogP contribution in [0.1, 0.15) is 0 Å². The van der Waals surface area contributed by atoms with Gasteiger partial charge in [-0.05, 0) is 12.1 Å². The Morgan fingerprint density at radius 3 is 2.89 bits per heavy atom. The number of benzene rings is 1. The van der Waals surface area contributed by atoms with Gasteiger partial charge < -0.3 is 10.6 Å². The van der Waals surface area contributed by atoms with E-state index < -0.39 is 22.3 Å². The molecule has 0 aliphatic heterocycles. The molecule has 2 N–H and O–H groups in total. The number of amides is 1. The van der Waals surface area contributed by atoms with Crippen LogP contribution < -0.4 is 10.6 Å². The predicted molar refractivity (Wildman–Crippen MR) is 64.8 cm³/mol. The largest absolute Gasteiger partial charge is 0.319 e. The Kier molecular flexibility index (Phi) is 4.94. The summed E-state index contributed by atoms with van der Waals surface area (Å²) >= 11 is 0. The number of nitrogens with one attached hydrogen (secondary N) is 2. The van der Waals surface area contributed by atoms with Crippen LogP contribution in [0.5, 0.6) is 0 Å². The molecule has 0 saturated heterocycles. The van der Waals surface area contributed by atoms with E-state index in [0.717, 1.165) is 18.2 Å². The first kappa shape index (κ1) is 13.8. The highest BCUT2D eigenvalue weighted by Crippen LogP contribution is 2.24. The Morgan fingerprint density at radius 1 is 1.56 bits per heavy atom. The Bertz CT molecular complexity index is 477. The van der Waals surface area contributed by atoms with E-state index in [4.69, 9.17) is 0 Å². The molecular formula is C11H12FN3O3. The number of carbonyl (C=O) groups is 1. The van der Waals surface area contributed by atoms with Crippen molar-refractivity contribution >= 4 is 17.3 Å². The number of anilines is 1. The van der Waals surface area contributed by atoms with Crippen molar-refractivity contribution in [1.29, 1.82) is 0 Å². The molecule has 1 aromatic carbocycles. The van der Waals surface area contributed by atoms with Crippen LogP contribution in [0.2, 0.25) is 0 Å². The number of hydrogen-bond acceptors (Lipinski definition) is 4. The molecule has 1 amide bonds. The summed E-state index contributed by atoms with van der Waals surface area (Å²) in [6.07, 6.45) is 1.58. The summed E-state index contributed by atoms with van der Waals surface area (Å²) in [7, 11) is 0. The number of carbonyl (C=O) groups excluding carboxylic acids is 1. The van der Waals surface area contributed by atoms with Crippen LogP contribution >= 0.6 is 0 Å². The molecule has 0 unspecified atom stereocenters. The highest BCUT2D eigenvalue weighted by molar-refractivity contribution is 5.94. The molecule has 7 heteroatoms. The first-order valence-electron chi connectivity index (χ1n) is 5.10. The van der Waals surface area contributed by atoms with Crippen molar-refractivity contribution in [3.63, 3.8) is 0 Å². The average molecular weight is 253 g/mol. The van der Waals surface area contributed by atoms with Gasteiger partial charge in [0.1, 0.15) is 11.5 Å². The zero-order valence-electron chi connectivity index (χ0n) is 9.48. The fraction of sp³-hybridized carbons (Fsp3) is 0.182. The number of halogens is 1. The van der Waals surface area contributed by atoms with Crippen LogP contribution in [0.4, 0.5) is 15.8 Å². The number of nitrogens with zero attached hydrogens (tertiary/aromatic N) is 1. The molecule has 0 heterocycles. The van der Waals surface area contributed by atoms with E-state index in [1.165, 1.54) is 0 Å². The van der Waals surface area contributed by atoms with Crippen LogP contribution in [0.3, 0.4) is 0 Å². The van der Waals surface area contributed by atoms with E-state index in [2.05, 4.69) is 17.2 Å². The maximum absolute atomic E-state index is 12.9. The number of rotatable bonds is 6. The highest BCUT2D eigenvalue weighted by Gasteiger charge is 2.16. The Labute approximate surface area is 103 Å². The summed E-state index contributed by atoms with van der Waals surface area (Å²) in [6, 6.07) is 2.95. The van der Waals surface area contributed by atoms with E-state index in [1.807, 2.05) is 0 Å². The summed E-state index contributed by atoms with van der Waals surface area (Å²) in [5, 5.41) is 15.7. The number of nitro groups is 1. The molecule has 6 nitrogen and oxygen atoms in total. The van der Waals surface area contributed by atoms with Gasteiger partial charge in [-0.25, -0.2) is 4.39 Å². The molecule has 18 heavy (non-hydrogen) atoms. The van der Waals surface area contributed by atoms with Gasteiger partial charge in [-0.2, -0.15) is 0 Å². The third-order valence-corrected chi connectivity index (χ3v) is 2.00. The van der Waals surface area contributed by atoms with Crippen LogP contribution in [0.15, 0.2) is 30.9 Å². The molecule has 0 aliphatic carbocycles. The van der Waals surface area contributed by atoms with E-state index in [0.29, 0.717) is 6.54 Å². The van der Waals surface area contributed by atoms with Crippen molar-refractivity contribution < 1.29 is 14.1 Å². The summed E-state index contributed by atoms with van der Waals surface area (Å²) in [5.74, 6) is -1.18. The SMILES string of the molecule is C=CCNCC(=O)Nc1ccc(F)cc1[N+](=O)[O-]. The second-order valence-electron chi connectivity index (χ2n) is 3.39. The lowest BCUT2D eigenvalue weighted by Crippen LogP contribution is -2.28. The number of nitro benzene ring substituents is 1. The smallest absolute Gasteiger partial charge is 0.295 e. The van der Waals surface area contributed by atoms with Gasteiger partial charge in [-0.1, -0.05) is 6.08 Å². The van der Waals surface area contributed by atoms with Gasteiger partial charge in [-0.15, -0.1) is 6.58 Å². The minimum absolute atomic E-state index is 0.0133. The summed E-state index contributed by atoms with van der Waals surface area (Å²) in [5.41, 5.74) is -0.515. The summed E-state index contributed by atoms with van der Waals surface area (Å²) in [4.78, 5) is 21.3. The van der Waals surface area contributed by atoms with Crippen molar-refractivity contribution in [3.05, 3.63) is 46.8 Å². The molecule has 0 spiro atoms. The van der Waals surface area contributed by atoms with Crippen molar-refractivity contribution in [2.45, 2.75) is 0 Å². The van der Waals surface area contributed by atoms with Crippen LogP contribution in [-0.2, 0) is 4.79 Å². The van der Waals surface area contributed by atoms with Crippen molar-refractivity contribution in [2.24, 2.45) is 0 Å². The second-order valence-corrected chi connectivity index (χ2v) is 3.39. The van der Waals surface area contributed by atoms with Crippen molar-refractivity contribution in [1.82, 2.24) is 5.32 Å². The molecular weight excluding hydrogens is 241 g/mol. The second kappa shape index (κ2) is 6.45. The quantitative estimate of drug-likeness (QED) is 0.348. The van der Waals surface area contributed by atoms with Gasteiger partial charge in [0.25, 0.3) is 5.69 Å². The first-order valence-corrected chi connectivity index (χ1v) is 5.10. The molecule has 0 aliphatic rings. The monoisotopic (exact) mass is 253 g/mol. The summed E-state index contributed by atoms with van der Waals surface area (Å²) < 4.78 is 12.9. The Hall–Kier alpha value is -2.28. The Balaban J connectivity index is 2.74. The van der Waals surface area contributed by atoms with Gasteiger partial charge in [0.2, 0.25) is 5.91 Å². The third-order valence-electron chi connectivity index (χ3n) is 2.00. The van der Waals surface area contributed by atoms with E-state index >= 15 is 0 Å². The van der Waals surface area contributed by atoms with E-state index in [9.17, 15) is 19.3 Å². The third kappa shape index (κ3) is 3.95. The average Bonchev–Trinajstić information content (AvgIpc) is 2.31. The zero-order valence-corrected chi connectivity index (χ0v) is 9.48. The molecule has 1 aromatic rings. The molecule has 0 aromatic heterocycles. The lowest BCUT2D eigenvalue weighted by atomic mass is 10.2. The molecule has 1 rings (SSSR count). The van der Waals surface area contributed by atoms with Crippen molar-refractivity contribution in [2.75, 3.05) is 18.4 Å². The first-order chi connectivity index (χ1) is 8.54. The van der Waals surface area contributed by atoms with Crippen LogP contribution in [0, 0.1) is 15.9 Å². The molecule has 0 saturated carbocycles. The summed E-state index contributed by atoms with van der Waals surface area (Å²) in [6.45, 7) is 3.89. The molecule has 96 valence electrons. The normalized spacial score (nSPS) is 9.83. The van der Waals surface area contributed by atoms with Gasteiger partial charge in [0.05, 0.1) is 17.5 Å². The van der Waals surface area contributed by atoms with Gasteiger partial charge >= 0.3 is 0 Å².